The molecule has 3 heteroatoms. The predicted molar refractivity (Wildman–Crippen MR) is 32.2 cm³/mol. The summed E-state index contributed by atoms with van der Waals surface area (Å²) in [5.74, 6) is 0. The molecule has 0 aromatic carbocycles. The van der Waals surface area contributed by atoms with Crippen molar-refractivity contribution in [1.82, 2.24) is 0 Å². The van der Waals surface area contributed by atoms with E-state index in [9.17, 15) is 4.48 Å². The van der Waals surface area contributed by atoms with Crippen molar-refractivity contribution in [3.63, 3.8) is 0 Å². The van der Waals surface area contributed by atoms with Crippen molar-refractivity contribution in [3.8, 4) is 0 Å². The molecule has 0 aromatic rings. The summed E-state index contributed by atoms with van der Waals surface area (Å²) >= 11 is 0. The lowest BCUT2D eigenvalue weighted by molar-refractivity contribution is 0.541. The Morgan fingerprint density at radius 1 is 1.88 bits per heavy atom. The van der Waals surface area contributed by atoms with Crippen molar-refractivity contribution < 1.29 is 4.48 Å². The summed E-state index contributed by atoms with van der Waals surface area (Å²) in [7, 11) is 0. The minimum absolute atomic E-state index is 0.370. The lowest BCUT2D eigenvalue weighted by atomic mass is 10.4. The average molecular weight is 116 g/mol. The number of halogens is 1. The minimum Gasteiger partial charge on any atom is -0.398 e. The molecule has 2 nitrogen and oxygen atoms in total. The van der Waals surface area contributed by atoms with E-state index in [1.165, 1.54) is 0 Å². The van der Waals surface area contributed by atoms with Crippen molar-refractivity contribution in [2.24, 2.45) is 10.9 Å². The molecule has 0 amide bonds. The molecule has 0 rings (SSSR count). The zero-order valence-corrected chi connectivity index (χ0v) is 4.76. The minimum atomic E-state index is 0.370. The van der Waals surface area contributed by atoms with Crippen LogP contribution in [0.2, 0.25) is 0 Å². The molecule has 0 radical (unpaired) electrons. The molecule has 0 unspecified atom stereocenters. The van der Waals surface area contributed by atoms with Gasteiger partial charge in [-0.05, 0) is 6.42 Å². The highest BCUT2D eigenvalue weighted by Crippen LogP contribution is 1.83. The second kappa shape index (κ2) is 4.30. The zero-order valence-electron chi connectivity index (χ0n) is 4.76. The van der Waals surface area contributed by atoms with Crippen LogP contribution < -0.4 is 5.73 Å². The van der Waals surface area contributed by atoms with Gasteiger partial charge in [-0.25, -0.2) is 0 Å². The first-order valence-electron chi connectivity index (χ1n) is 2.41. The van der Waals surface area contributed by atoms with E-state index >= 15 is 0 Å². The van der Waals surface area contributed by atoms with Gasteiger partial charge in [0, 0.05) is 5.70 Å². The van der Waals surface area contributed by atoms with Crippen LogP contribution in [0.3, 0.4) is 0 Å². The third-order valence-corrected chi connectivity index (χ3v) is 0.638. The first-order chi connectivity index (χ1) is 3.81. The quantitative estimate of drug-likeness (QED) is 0.541. The van der Waals surface area contributed by atoms with E-state index in [0.717, 1.165) is 12.6 Å². The Labute approximate surface area is 47.8 Å². The summed E-state index contributed by atoms with van der Waals surface area (Å²) < 4.78 is 11.0. The molecular weight excluding hydrogens is 107 g/mol. The summed E-state index contributed by atoms with van der Waals surface area (Å²) in [4.78, 5) is 0. The fourth-order valence-corrected chi connectivity index (χ4v) is 0.345. The lowest BCUT2D eigenvalue weighted by Crippen LogP contribution is -1.96. The highest BCUT2D eigenvalue weighted by atomic mass is 19.2. The maximum atomic E-state index is 11.0. The van der Waals surface area contributed by atoms with Gasteiger partial charge in [0.2, 0.25) is 0 Å². The van der Waals surface area contributed by atoms with Crippen LogP contribution in [-0.4, -0.2) is 6.21 Å². The van der Waals surface area contributed by atoms with E-state index in [2.05, 4.69) is 5.21 Å². The summed E-state index contributed by atoms with van der Waals surface area (Å²) in [5.41, 5.74) is 5.54. The molecule has 0 spiro atoms. The molecule has 0 aliphatic rings. The lowest BCUT2D eigenvalue weighted by Gasteiger charge is -1.83. The number of nitrogens with two attached hydrogens (primary N) is 1. The van der Waals surface area contributed by atoms with Gasteiger partial charge in [-0.1, -0.05) is 22.7 Å². The maximum Gasteiger partial charge on any atom is 0.0825 e. The van der Waals surface area contributed by atoms with Gasteiger partial charge in [0.15, 0.2) is 0 Å². The molecule has 0 fully saturated rings. The van der Waals surface area contributed by atoms with Gasteiger partial charge < -0.3 is 5.73 Å². The van der Waals surface area contributed by atoms with E-state index < -0.39 is 0 Å². The average Bonchev–Trinajstić information content (AvgIpc) is 1.68. The Morgan fingerprint density at radius 3 is 2.88 bits per heavy atom. The Bertz CT molecular complexity index is 107. The molecule has 0 bridgehead atoms. The second-order valence-corrected chi connectivity index (χ2v) is 1.34. The van der Waals surface area contributed by atoms with Gasteiger partial charge in [-0.2, -0.15) is 0 Å². The van der Waals surface area contributed by atoms with Gasteiger partial charge in [-0.15, -0.1) is 0 Å². The van der Waals surface area contributed by atoms with Crippen molar-refractivity contribution in [1.29, 1.82) is 0 Å². The molecule has 0 aromatic heterocycles. The number of allylic oxidation sites excluding steroid dienone is 2. The number of hydrogen-bond donors (Lipinski definition) is 1. The smallest absolute Gasteiger partial charge is 0.0825 e. The standard InChI is InChI=1S/C5H9FN2/c1-2-3-5(7)4-8-6/h3-4H,2,7H2,1H3/b5-3+,8-4-. The van der Waals surface area contributed by atoms with E-state index in [-0.39, 0.29) is 0 Å². The first-order valence-corrected chi connectivity index (χ1v) is 2.41. The van der Waals surface area contributed by atoms with Gasteiger partial charge in [0.1, 0.15) is 0 Å². The molecule has 2 N–H and O–H groups in total. The first kappa shape index (κ1) is 7.14. The van der Waals surface area contributed by atoms with Crippen LogP contribution in [-0.2, 0) is 0 Å². The summed E-state index contributed by atoms with van der Waals surface area (Å²) in [5, 5.41) is 2.24. The SMILES string of the molecule is CC/C=C(N)\C=N/F. The Morgan fingerprint density at radius 2 is 2.50 bits per heavy atom. The fraction of sp³-hybridized carbons (Fsp3) is 0.400. The molecule has 0 aliphatic carbocycles. The van der Waals surface area contributed by atoms with Crippen LogP contribution in [0.1, 0.15) is 13.3 Å². The summed E-state index contributed by atoms with van der Waals surface area (Å²) in [6.45, 7) is 1.92. The highest BCUT2D eigenvalue weighted by Gasteiger charge is 1.77. The molecule has 0 aliphatic heterocycles. The number of nitrogens with zero attached hydrogens (tertiary/aromatic N) is 1. The van der Waals surface area contributed by atoms with Crippen LogP contribution >= 0.6 is 0 Å². The molecule has 0 atom stereocenters. The Balaban J connectivity index is 3.61. The second-order valence-electron chi connectivity index (χ2n) is 1.34. The maximum absolute atomic E-state index is 11.0. The fourth-order valence-electron chi connectivity index (χ4n) is 0.345. The molecule has 8 heavy (non-hydrogen) atoms. The van der Waals surface area contributed by atoms with Gasteiger partial charge in [-0.3, -0.25) is 0 Å². The third kappa shape index (κ3) is 3.33. The molecule has 0 saturated carbocycles. The molecule has 46 valence electrons. The predicted octanol–water partition coefficient (Wildman–Crippen LogP) is 1.19. The highest BCUT2D eigenvalue weighted by molar-refractivity contribution is 5.76. The van der Waals surface area contributed by atoms with E-state index in [0.29, 0.717) is 5.70 Å². The normalized spacial score (nSPS) is 13.0. The van der Waals surface area contributed by atoms with Crippen molar-refractivity contribution >= 4 is 6.21 Å². The van der Waals surface area contributed by atoms with E-state index in [4.69, 9.17) is 5.73 Å². The molecule has 0 saturated heterocycles. The van der Waals surface area contributed by atoms with Crippen LogP contribution in [0.5, 0.6) is 0 Å². The summed E-state index contributed by atoms with van der Waals surface area (Å²) in [6.07, 6.45) is 3.46. The molecular formula is C5H9FN2. The van der Waals surface area contributed by atoms with Gasteiger partial charge in [0.05, 0.1) is 6.21 Å². The molecule has 0 heterocycles. The van der Waals surface area contributed by atoms with Crippen molar-refractivity contribution in [3.05, 3.63) is 11.8 Å². The number of hydrogen-bond acceptors (Lipinski definition) is 2. The van der Waals surface area contributed by atoms with E-state index in [1.54, 1.807) is 6.08 Å². The van der Waals surface area contributed by atoms with Gasteiger partial charge in [0.25, 0.3) is 0 Å². The third-order valence-electron chi connectivity index (χ3n) is 0.638. The Kier molecular flexibility index (Phi) is 3.84. The van der Waals surface area contributed by atoms with Gasteiger partial charge >= 0.3 is 0 Å². The van der Waals surface area contributed by atoms with Crippen molar-refractivity contribution in [2.45, 2.75) is 13.3 Å². The topological polar surface area (TPSA) is 38.4 Å². The van der Waals surface area contributed by atoms with Crippen LogP contribution in [0.25, 0.3) is 0 Å². The van der Waals surface area contributed by atoms with E-state index in [1.807, 2.05) is 6.92 Å². The monoisotopic (exact) mass is 116 g/mol. The number of rotatable bonds is 2. The largest absolute Gasteiger partial charge is 0.398 e. The van der Waals surface area contributed by atoms with Crippen LogP contribution in [0, 0.1) is 0 Å². The zero-order chi connectivity index (χ0) is 6.41. The van der Waals surface area contributed by atoms with Crippen molar-refractivity contribution in [2.75, 3.05) is 0 Å². The van der Waals surface area contributed by atoms with Crippen LogP contribution in [0.4, 0.5) is 4.48 Å². The van der Waals surface area contributed by atoms with Crippen LogP contribution in [0.15, 0.2) is 17.0 Å². The Hall–Kier alpha value is -0.860. The summed E-state index contributed by atoms with van der Waals surface area (Å²) in [6, 6.07) is 0.